The van der Waals surface area contributed by atoms with Gasteiger partial charge in [-0.25, -0.2) is 0 Å². The maximum absolute atomic E-state index is 13.0. The van der Waals surface area contributed by atoms with Gasteiger partial charge in [0.2, 0.25) is 0 Å². The summed E-state index contributed by atoms with van der Waals surface area (Å²) in [6.07, 6.45) is 6.95. The van der Waals surface area contributed by atoms with Gasteiger partial charge in [-0.05, 0) is 93.2 Å². The molecule has 2 saturated heterocycles. The Bertz CT molecular complexity index is 864. The topological polar surface area (TPSA) is 32.3 Å². The average molecular weight is 403 g/mol. The van der Waals surface area contributed by atoms with Gasteiger partial charge in [0.05, 0.1) is 0 Å². The molecule has 0 saturated carbocycles. The lowest BCUT2D eigenvalue weighted by Gasteiger charge is -2.33. The molecule has 3 heteroatoms. The summed E-state index contributed by atoms with van der Waals surface area (Å²) in [5.74, 6) is 1.99. The molecule has 2 aliphatic heterocycles. The SMILES string of the molecule is O=C1c2ccc(C3CCNCC3)cc2CC1CC1CCN(Cc2ccccc2)CC1. The Kier molecular flexibility index (Phi) is 6.01. The van der Waals surface area contributed by atoms with E-state index in [-0.39, 0.29) is 5.92 Å². The molecule has 0 spiro atoms. The highest BCUT2D eigenvalue weighted by molar-refractivity contribution is 6.02. The number of likely N-dealkylation sites (tertiary alicyclic amines) is 1. The predicted octanol–water partition coefficient (Wildman–Crippen LogP) is 4.81. The van der Waals surface area contributed by atoms with Crippen LogP contribution in [-0.2, 0) is 13.0 Å². The van der Waals surface area contributed by atoms with E-state index in [2.05, 4.69) is 58.7 Å². The monoisotopic (exact) mass is 402 g/mol. The molecule has 1 unspecified atom stereocenters. The van der Waals surface area contributed by atoms with Crippen LogP contribution in [0.4, 0.5) is 0 Å². The average Bonchev–Trinajstić information content (AvgIpc) is 3.11. The lowest BCUT2D eigenvalue weighted by molar-refractivity contribution is 0.0895. The predicted molar refractivity (Wildman–Crippen MR) is 122 cm³/mol. The van der Waals surface area contributed by atoms with Crippen molar-refractivity contribution in [2.24, 2.45) is 11.8 Å². The van der Waals surface area contributed by atoms with E-state index in [1.54, 1.807) is 0 Å². The second kappa shape index (κ2) is 9.03. The highest BCUT2D eigenvalue weighted by Crippen LogP contribution is 2.36. The number of nitrogens with zero attached hydrogens (tertiary/aromatic N) is 1. The summed E-state index contributed by atoms with van der Waals surface area (Å²) in [5, 5.41) is 3.46. The van der Waals surface area contributed by atoms with Crippen LogP contribution in [0.3, 0.4) is 0 Å². The van der Waals surface area contributed by atoms with Crippen molar-refractivity contribution in [1.29, 1.82) is 0 Å². The van der Waals surface area contributed by atoms with E-state index >= 15 is 0 Å². The third kappa shape index (κ3) is 4.38. The van der Waals surface area contributed by atoms with Crippen LogP contribution in [0.2, 0.25) is 0 Å². The summed E-state index contributed by atoms with van der Waals surface area (Å²) < 4.78 is 0. The van der Waals surface area contributed by atoms with Gasteiger partial charge < -0.3 is 5.32 Å². The molecule has 0 amide bonds. The Morgan fingerprint density at radius 2 is 1.70 bits per heavy atom. The maximum atomic E-state index is 13.0. The van der Waals surface area contributed by atoms with Crippen LogP contribution in [0.25, 0.3) is 0 Å². The summed E-state index contributed by atoms with van der Waals surface area (Å²) in [7, 11) is 0. The van der Waals surface area contributed by atoms with Crippen molar-refractivity contribution in [2.45, 2.75) is 51.0 Å². The fourth-order valence-electron chi connectivity index (χ4n) is 5.82. The zero-order valence-corrected chi connectivity index (χ0v) is 18.0. The lowest BCUT2D eigenvalue weighted by atomic mass is 9.85. The van der Waals surface area contributed by atoms with Gasteiger partial charge in [-0.2, -0.15) is 0 Å². The smallest absolute Gasteiger partial charge is 0.166 e. The molecule has 0 aromatic heterocycles. The van der Waals surface area contributed by atoms with E-state index < -0.39 is 0 Å². The van der Waals surface area contributed by atoms with Gasteiger partial charge in [0.15, 0.2) is 5.78 Å². The Morgan fingerprint density at radius 1 is 0.933 bits per heavy atom. The highest BCUT2D eigenvalue weighted by Gasteiger charge is 2.33. The van der Waals surface area contributed by atoms with Crippen LogP contribution in [0.1, 0.15) is 65.1 Å². The molecule has 158 valence electrons. The number of fused-ring (bicyclic) bond motifs is 1. The second-order valence-electron chi connectivity index (χ2n) is 9.65. The number of hydrogen-bond acceptors (Lipinski definition) is 3. The van der Waals surface area contributed by atoms with E-state index in [4.69, 9.17) is 0 Å². The number of benzene rings is 2. The van der Waals surface area contributed by atoms with Gasteiger partial charge >= 0.3 is 0 Å². The molecule has 1 atom stereocenters. The van der Waals surface area contributed by atoms with Gasteiger partial charge in [0, 0.05) is 18.0 Å². The molecule has 0 radical (unpaired) electrons. The molecule has 3 aliphatic rings. The van der Waals surface area contributed by atoms with E-state index in [0.717, 1.165) is 51.1 Å². The molecule has 2 heterocycles. The molecule has 2 aromatic carbocycles. The fraction of sp³-hybridized carbons (Fsp3) is 0.519. The summed E-state index contributed by atoms with van der Waals surface area (Å²) in [6, 6.07) is 17.5. The van der Waals surface area contributed by atoms with E-state index in [9.17, 15) is 4.79 Å². The lowest BCUT2D eigenvalue weighted by Crippen LogP contribution is -2.34. The van der Waals surface area contributed by atoms with Crippen molar-refractivity contribution in [3.05, 3.63) is 70.8 Å². The molecule has 5 rings (SSSR count). The molecular weight excluding hydrogens is 368 g/mol. The van der Waals surface area contributed by atoms with Crippen molar-refractivity contribution < 1.29 is 4.79 Å². The Morgan fingerprint density at radius 3 is 2.47 bits per heavy atom. The van der Waals surface area contributed by atoms with Gasteiger partial charge in [-0.3, -0.25) is 9.69 Å². The van der Waals surface area contributed by atoms with Crippen molar-refractivity contribution in [3.63, 3.8) is 0 Å². The third-order valence-corrected chi connectivity index (χ3v) is 7.62. The first-order valence-corrected chi connectivity index (χ1v) is 11.9. The Hall–Kier alpha value is -1.97. The standard InChI is InChI=1S/C27H34N2O/c30-27-25(16-20-10-14-29(15-11-20)19-21-4-2-1-3-5-21)18-24-17-23(6-7-26(24)27)22-8-12-28-13-9-22/h1-7,17,20,22,25,28H,8-16,18-19H2. The molecule has 30 heavy (non-hydrogen) atoms. The number of Topliss-reactive ketones (excluding diaryl/α,β-unsaturated/α-hetero) is 1. The fourth-order valence-corrected chi connectivity index (χ4v) is 5.82. The second-order valence-corrected chi connectivity index (χ2v) is 9.65. The van der Waals surface area contributed by atoms with Crippen LogP contribution in [0, 0.1) is 11.8 Å². The molecule has 1 aliphatic carbocycles. The summed E-state index contributed by atoms with van der Waals surface area (Å²) in [6.45, 7) is 5.61. The Labute approximate surface area is 180 Å². The number of nitrogens with one attached hydrogen (secondary N) is 1. The van der Waals surface area contributed by atoms with Crippen LogP contribution >= 0.6 is 0 Å². The summed E-state index contributed by atoms with van der Waals surface area (Å²) in [4.78, 5) is 15.6. The highest BCUT2D eigenvalue weighted by atomic mass is 16.1. The minimum atomic E-state index is 0.217. The molecule has 1 N–H and O–H groups in total. The Balaban J connectivity index is 1.16. The minimum absolute atomic E-state index is 0.217. The summed E-state index contributed by atoms with van der Waals surface area (Å²) >= 11 is 0. The first kappa shape index (κ1) is 20.0. The number of rotatable bonds is 5. The molecule has 2 aromatic rings. The van der Waals surface area contributed by atoms with Crippen LogP contribution in [-0.4, -0.2) is 36.9 Å². The van der Waals surface area contributed by atoms with Crippen LogP contribution in [0.5, 0.6) is 0 Å². The summed E-state index contributed by atoms with van der Waals surface area (Å²) in [5.41, 5.74) is 5.20. The maximum Gasteiger partial charge on any atom is 0.166 e. The van der Waals surface area contributed by atoms with Gasteiger partial charge in [0.25, 0.3) is 0 Å². The number of hydrogen-bond donors (Lipinski definition) is 1. The number of piperidine rings is 2. The zero-order valence-electron chi connectivity index (χ0n) is 18.0. The first-order chi connectivity index (χ1) is 14.8. The number of carbonyl (C=O) groups excluding carboxylic acids is 1. The van der Waals surface area contributed by atoms with E-state index in [1.807, 2.05) is 0 Å². The van der Waals surface area contributed by atoms with Gasteiger partial charge in [-0.15, -0.1) is 0 Å². The molecular formula is C27H34N2O. The van der Waals surface area contributed by atoms with E-state index in [0.29, 0.717) is 17.6 Å². The van der Waals surface area contributed by atoms with Gasteiger partial charge in [0.1, 0.15) is 0 Å². The first-order valence-electron chi connectivity index (χ1n) is 11.9. The van der Waals surface area contributed by atoms with Gasteiger partial charge in [-0.1, -0.05) is 48.5 Å². The van der Waals surface area contributed by atoms with Crippen molar-refractivity contribution in [2.75, 3.05) is 26.2 Å². The largest absolute Gasteiger partial charge is 0.317 e. The van der Waals surface area contributed by atoms with Crippen LogP contribution in [0.15, 0.2) is 48.5 Å². The normalized spacial score (nSPS) is 23.6. The molecule has 3 nitrogen and oxygen atoms in total. The number of carbonyl (C=O) groups is 1. The van der Waals surface area contributed by atoms with Crippen molar-refractivity contribution in [1.82, 2.24) is 10.2 Å². The quantitative estimate of drug-likeness (QED) is 0.779. The van der Waals surface area contributed by atoms with Crippen molar-refractivity contribution >= 4 is 5.78 Å². The van der Waals surface area contributed by atoms with Crippen molar-refractivity contribution in [3.8, 4) is 0 Å². The zero-order chi connectivity index (χ0) is 20.3. The number of ketones is 1. The minimum Gasteiger partial charge on any atom is -0.317 e. The van der Waals surface area contributed by atoms with E-state index in [1.165, 1.54) is 42.4 Å². The molecule has 0 bridgehead atoms. The third-order valence-electron chi connectivity index (χ3n) is 7.62. The van der Waals surface area contributed by atoms with Crippen LogP contribution < -0.4 is 5.32 Å². The molecule has 2 fully saturated rings.